The third kappa shape index (κ3) is 6.75. The molecule has 1 N–H and O–H groups in total. The van der Waals surface area contributed by atoms with Crippen LogP contribution in [-0.2, 0) is 18.4 Å². The summed E-state index contributed by atoms with van der Waals surface area (Å²) in [4.78, 5) is 26.3. The molecule has 4 aromatic rings. The fourth-order valence-corrected chi connectivity index (χ4v) is 5.89. The van der Waals surface area contributed by atoms with E-state index in [2.05, 4.69) is 31.4 Å². The number of nitrogens with one attached hydrogen (secondary N) is 1. The molecule has 222 valence electrons. The Hall–Kier alpha value is -4.16. The minimum Gasteiger partial charge on any atom is -0.493 e. The Morgan fingerprint density at radius 3 is 2.53 bits per heavy atom. The van der Waals surface area contributed by atoms with Crippen LogP contribution >= 0.6 is 27.7 Å². The summed E-state index contributed by atoms with van der Waals surface area (Å²) in [5.41, 5.74) is 4.13. The minimum absolute atomic E-state index is 0.0848. The molecule has 2 amide bonds. The van der Waals surface area contributed by atoms with E-state index in [4.69, 9.17) is 14.6 Å². The van der Waals surface area contributed by atoms with Crippen molar-refractivity contribution in [2.75, 3.05) is 20.0 Å². The van der Waals surface area contributed by atoms with Gasteiger partial charge in [-0.15, -0.1) is 10.2 Å². The van der Waals surface area contributed by atoms with Crippen molar-refractivity contribution in [2.24, 2.45) is 12.1 Å². The van der Waals surface area contributed by atoms with Crippen LogP contribution in [0.3, 0.4) is 0 Å². The summed E-state index contributed by atoms with van der Waals surface area (Å²) in [6.45, 7) is 2.14. The maximum absolute atomic E-state index is 13.7. The number of benzene rings is 3. The van der Waals surface area contributed by atoms with E-state index >= 15 is 0 Å². The smallest absolute Gasteiger partial charge is 0.253 e. The van der Waals surface area contributed by atoms with E-state index in [9.17, 15) is 9.59 Å². The Morgan fingerprint density at radius 1 is 1.05 bits per heavy atom. The van der Waals surface area contributed by atoms with Gasteiger partial charge in [0.05, 0.1) is 38.3 Å². The second kappa shape index (κ2) is 13.4. The Labute approximate surface area is 262 Å². The van der Waals surface area contributed by atoms with Crippen LogP contribution in [0, 0.1) is 6.92 Å². The van der Waals surface area contributed by atoms with Crippen LogP contribution in [0.25, 0.3) is 0 Å². The molecule has 1 aliphatic heterocycles. The van der Waals surface area contributed by atoms with Crippen LogP contribution in [0.5, 0.6) is 11.5 Å². The number of hydrogen-bond donors (Lipinski definition) is 1. The van der Waals surface area contributed by atoms with Crippen molar-refractivity contribution in [1.82, 2.24) is 25.1 Å². The molecule has 1 aromatic heterocycles. The van der Waals surface area contributed by atoms with Crippen molar-refractivity contribution in [3.8, 4) is 11.5 Å². The zero-order chi connectivity index (χ0) is 30.5. The van der Waals surface area contributed by atoms with Crippen LogP contribution in [0.15, 0.2) is 81.5 Å². The SMILES string of the molecule is COc1cccc(C2CC(c3ccc(Br)cc3)=NN2C(=O)CSc2nnc(CNC(=O)c3cccc(C)c3)n2C)c1OC. The monoisotopic (exact) mass is 662 g/mol. The Kier molecular flexibility index (Phi) is 9.46. The van der Waals surface area contributed by atoms with E-state index in [1.807, 2.05) is 74.6 Å². The van der Waals surface area contributed by atoms with E-state index in [0.29, 0.717) is 34.5 Å². The van der Waals surface area contributed by atoms with Crippen LogP contribution < -0.4 is 14.8 Å². The number of ether oxygens (including phenoxy) is 2. The molecule has 5 rings (SSSR count). The lowest BCUT2D eigenvalue weighted by Crippen LogP contribution is -2.29. The van der Waals surface area contributed by atoms with Gasteiger partial charge in [0.1, 0.15) is 0 Å². The predicted octanol–water partition coefficient (Wildman–Crippen LogP) is 5.30. The van der Waals surface area contributed by atoms with Crippen molar-refractivity contribution >= 4 is 45.2 Å². The first-order valence-electron chi connectivity index (χ1n) is 13.5. The highest BCUT2D eigenvalue weighted by Gasteiger charge is 2.35. The molecular formula is C31H31BrN6O4S. The van der Waals surface area contributed by atoms with E-state index in [1.165, 1.54) is 16.8 Å². The lowest BCUT2D eigenvalue weighted by molar-refractivity contribution is -0.130. The van der Waals surface area contributed by atoms with Gasteiger partial charge in [-0.3, -0.25) is 9.59 Å². The normalized spacial score (nSPS) is 14.4. The number of halogens is 1. The van der Waals surface area contributed by atoms with E-state index in [-0.39, 0.29) is 30.2 Å². The number of nitrogens with zero attached hydrogens (tertiary/aromatic N) is 5. The topological polar surface area (TPSA) is 111 Å². The summed E-state index contributed by atoms with van der Waals surface area (Å²) in [5, 5.41) is 18.2. The van der Waals surface area contributed by atoms with Crippen molar-refractivity contribution in [3.63, 3.8) is 0 Å². The van der Waals surface area contributed by atoms with Gasteiger partial charge < -0.3 is 19.4 Å². The molecule has 1 aliphatic rings. The quantitative estimate of drug-likeness (QED) is 0.229. The Bertz CT molecular complexity index is 1670. The number of hydrazone groups is 1. The molecule has 0 saturated heterocycles. The summed E-state index contributed by atoms with van der Waals surface area (Å²) in [6, 6.07) is 20.5. The van der Waals surface area contributed by atoms with Crippen LogP contribution in [0.4, 0.5) is 0 Å². The lowest BCUT2D eigenvalue weighted by Gasteiger charge is -2.24. The molecule has 0 radical (unpaired) electrons. The first kappa shape index (κ1) is 30.3. The average molecular weight is 664 g/mol. The van der Waals surface area contributed by atoms with Gasteiger partial charge in [0.15, 0.2) is 22.5 Å². The molecule has 1 atom stereocenters. The van der Waals surface area contributed by atoms with Crippen molar-refractivity contribution in [1.29, 1.82) is 0 Å². The fourth-order valence-electron chi connectivity index (χ4n) is 4.84. The van der Waals surface area contributed by atoms with Gasteiger partial charge >= 0.3 is 0 Å². The average Bonchev–Trinajstić information content (AvgIpc) is 3.62. The van der Waals surface area contributed by atoms with Gasteiger partial charge in [0.25, 0.3) is 11.8 Å². The van der Waals surface area contributed by atoms with Crippen molar-refractivity contribution in [2.45, 2.75) is 31.1 Å². The summed E-state index contributed by atoms with van der Waals surface area (Å²) in [5.74, 6) is 1.43. The first-order valence-corrected chi connectivity index (χ1v) is 15.3. The highest BCUT2D eigenvalue weighted by atomic mass is 79.9. The van der Waals surface area contributed by atoms with Crippen LogP contribution in [-0.4, -0.2) is 57.3 Å². The zero-order valence-electron chi connectivity index (χ0n) is 24.2. The van der Waals surface area contributed by atoms with E-state index in [1.54, 1.807) is 24.9 Å². The second-order valence-corrected chi connectivity index (χ2v) is 11.8. The van der Waals surface area contributed by atoms with Crippen molar-refractivity contribution in [3.05, 3.63) is 99.3 Å². The highest BCUT2D eigenvalue weighted by Crippen LogP contribution is 2.42. The summed E-state index contributed by atoms with van der Waals surface area (Å²) in [7, 11) is 4.98. The molecule has 3 aromatic carbocycles. The van der Waals surface area contributed by atoms with E-state index < -0.39 is 0 Å². The standard InChI is InChI=1S/C31H31BrN6O4S/c1-19-7-5-8-21(15-19)30(40)33-17-27-34-35-31(37(27)2)43-18-28(39)38-25(23-9-6-10-26(41-3)29(23)42-4)16-24(36-38)20-11-13-22(32)14-12-20/h5-15,25H,16-18H2,1-4H3,(H,33,40). The van der Waals surface area contributed by atoms with Crippen LogP contribution in [0.1, 0.15) is 45.3 Å². The third-order valence-electron chi connectivity index (χ3n) is 7.07. The fraction of sp³-hybridized carbons (Fsp3) is 0.258. The molecule has 12 heteroatoms. The number of methoxy groups -OCH3 is 2. The summed E-state index contributed by atoms with van der Waals surface area (Å²) >= 11 is 4.74. The van der Waals surface area contributed by atoms with Gasteiger partial charge in [-0.05, 0) is 42.8 Å². The second-order valence-electron chi connectivity index (χ2n) is 9.89. The molecule has 1 unspecified atom stereocenters. The molecule has 43 heavy (non-hydrogen) atoms. The highest BCUT2D eigenvalue weighted by molar-refractivity contribution is 9.10. The maximum atomic E-state index is 13.7. The zero-order valence-corrected chi connectivity index (χ0v) is 26.6. The first-order chi connectivity index (χ1) is 20.8. The molecular weight excluding hydrogens is 632 g/mol. The number of hydrogen-bond acceptors (Lipinski definition) is 8. The number of rotatable bonds is 10. The molecule has 0 saturated carbocycles. The Morgan fingerprint density at radius 2 is 1.81 bits per heavy atom. The lowest BCUT2D eigenvalue weighted by atomic mass is 9.97. The molecule has 2 heterocycles. The van der Waals surface area contributed by atoms with E-state index in [0.717, 1.165) is 26.9 Å². The number of para-hydroxylation sites is 1. The number of carbonyl (C=O) groups excluding carboxylic acids is 2. The van der Waals surface area contributed by atoms with Crippen LogP contribution in [0.2, 0.25) is 0 Å². The molecule has 0 aliphatic carbocycles. The summed E-state index contributed by atoms with van der Waals surface area (Å²) in [6.07, 6.45) is 0.510. The number of carbonyl (C=O) groups is 2. The van der Waals surface area contributed by atoms with Gasteiger partial charge in [0, 0.05) is 29.1 Å². The maximum Gasteiger partial charge on any atom is 0.253 e. The van der Waals surface area contributed by atoms with Gasteiger partial charge in [-0.2, -0.15) is 5.10 Å². The van der Waals surface area contributed by atoms with Crippen molar-refractivity contribution < 1.29 is 19.1 Å². The number of thioether (sulfide) groups is 1. The summed E-state index contributed by atoms with van der Waals surface area (Å²) < 4.78 is 14.0. The number of amides is 2. The number of aromatic nitrogens is 3. The molecule has 10 nitrogen and oxygen atoms in total. The molecule has 0 spiro atoms. The minimum atomic E-state index is -0.385. The Balaban J connectivity index is 1.32. The van der Waals surface area contributed by atoms with Gasteiger partial charge in [-0.1, -0.05) is 69.7 Å². The van der Waals surface area contributed by atoms with Gasteiger partial charge in [0.2, 0.25) is 0 Å². The molecule has 0 bridgehead atoms. The third-order valence-corrected chi connectivity index (χ3v) is 8.61. The molecule has 0 fully saturated rings. The number of aryl methyl sites for hydroxylation is 1. The largest absolute Gasteiger partial charge is 0.493 e. The predicted molar refractivity (Wildman–Crippen MR) is 169 cm³/mol. The van der Waals surface area contributed by atoms with Gasteiger partial charge in [-0.25, -0.2) is 5.01 Å².